The van der Waals surface area contributed by atoms with Crippen LogP contribution in [0.15, 0.2) is 42.6 Å². The van der Waals surface area contributed by atoms with Gasteiger partial charge in [-0.3, -0.25) is 9.78 Å². The number of nitrogens with two attached hydrogens (primary N) is 1. The van der Waals surface area contributed by atoms with Gasteiger partial charge in [-0.05, 0) is 49.2 Å². The van der Waals surface area contributed by atoms with Crippen LogP contribution < -0.4 is 11.1 Å². The van der Waals surface area contributed by atoms with Gasteiger partial charge >= 0.3 is 0 Å². The Morgan fingerprint density at radius 3 is 2.63 bits per heavy atom. The number of benzene rings is 1. The van der Waals surface area contributed by atoms with Crippen LogP contribution in [0.3, 0.4) is 0 Å². The number of hydrogen-bond acceptors (Lipinski definition) is 3. The van der Waals surface area contributed by atoms with Crippen molar-refractivity contribution in [1.82, 2.24) is 4.98 Å². The van der Waals surface area contributed by atoms with E-state index < -0.39 is 0 Å². The van der Waals surface area contributed by atoms with E-state index in [1.165, 1.54) is 0 Å². The number of carbonyl (C=O) groups excluding carboxylic acids is 1. The van der Waals surface area contributed by atoms with Crippen molar-refractivity contribution in [2.75, 3.05) is 11.9 Å². The van der Waals surface area contributed by atoms with Gasteiger partial charge in [0, 0.05) is 11.9 Å². The lowest BCUT2D eigenvalue weighted by Gasteiger charge is -2.07. The second-order valence-electron chi connectivity index (χ2n) is 4.36. The maximum atomic E-state index is 12.1. The molecule has 3 N–H and O–H groups in total. The van der Waals surface area contributed by atoms with E-state index in [9.17, 15) is 4.79 Å². The lowest BCUT2D eigenvalue weighted by molar-refractivity contribution is 0.102. The van der Waals surface area contributed by atoms with Crippen LogP contribution in [-0.2, 0) is 6.42 Å². The van der Waals surface area contributed by atoms with Crippen LogP contribution in [0.25, 0.3) is 0 Å². The highest BCUT2D eigenvalue weighted by Crippen LogP contribution is 2.12. The number of aromatic nitrogens is 1. The maximum absolute atomic E-state index is 12.1. The van der Waals surface area contributed by atoms with E-state index in [-0.39, 0.29) is 5.91 Å². The largest absolute Gasteiger partial charge is 0.330 e. The number of carbonyl (C=O) groups is 1. The standard InChI is InChI=1S/C15H17N3O/c1-11-3-2-10-17-14(11)15(19)18-13-6-4-12(5-7-13)8-9-16/h2-7,10H,8-9,16H2,1H3,(H,18,19). The van der Waals surface area contributed by atoms with Gasteiger partial charge in [0.1, 0.15) is 5.69 Å². The third-order valence-corrected chi connectivity index (χ3v) is 2.87. The van der Waals surface area contributed by atoms with Crippen LogP contribution >= 0.6 is 0 Å². The van der Waals surface area contributed by atoms with Gasteiger partial charge in [-0.2, -0.15) is 0 Å². The molecule has 1 aromatic heterocycles. The van der Waals surface area contributed by atoms with Crippen molar-refractivity contribution in [3.63, 3.8) is 0 Å². The Labute approximate surface area is 112 Å². The maximum Gasteiger partial charge on any atom is 0.274 e. The van der Waals surface area contributed by atoms with Gasteiger partial charge in [-0.15, -0.1) is 0 Å². The molecule has 0 atom stereocenters. The van der Waals surface area contributed by atoms with E-state index in [1.54, 1.807) is 6.20 Å². The average molecular weight is 255 g/mol. The molecule has 0 saturated heterocycles. The Bertz CT molecular complexity index is 564. The summed E-state index contributed by atoms with van der Waals surface area (Å²) in [4.78, 5) is 16.1. The van der Waals surface area contributed by atoms with Crippen LogP contribution in [-0.4, -0.2) is 17.4 Å². The van der Waals surface area contributed by atoms with Crippen molar-refractivity contribution in [1.29, 1.82) is 0 Å². The quantitative estimate of drug-likeness (QED) is 0.879. The molecule has 4 nitrogen and oxygen atoms in total. The topological polar surface area (TPSA) is 68.0 Å². The first-order chi connectivity index (χ1) is 9.20. The molecule has 4 heteroatoms. The Hall–Kier alpha value is -2.20. The molecule has 0 saturated carbocycles. The Morgan fingerprint density at radius 2 is 2.00 bits per heavy atom. The van der Waals surface area contributed by atoms with Crippen LogP contribution in [0.4, 0.5) is 5.69 Å². The van der Waals surface area contributed by atoms with Crippen LogP contribution in [0.5, 0.6) is 0 Å². The van der Waals surface area contributed by atoms with E-state index >= 15 is 0 Å². The molecule has 0 aliphatic carbocycles. The SMILES string of the molecule is Cc1cccnc1C(=O)Nc1ccc(CCN)cc1. The Kier molecular flexibility index (Phi) is 4.26. The average Bonchev–Trinajstić information content (AvgIpc) is 2.42. The number of pyridine rings is 1. The van der Waals surface area contributed by atoms with Gasteiger partial charge in [0.15, 0.2) is 0 Å². The number of amides is 1. The van der Waals surface area contributed by atoms with Crippen LogP contribution in [0.1, 0.15) is 21.6 Å². The summed E-state index contributed by atoms with van der Waals surface area (Å²) in [7, 11) is 0. The normalized spacial score (nSPS) is 10.2. The van der Waals surface area contributed by atoms with Crippen molar-refractivity contribution in [2.24, 2.45) is 5.73 Å². The number of rotatable bonds is 4. The minimum atomic E-state index is -0.190. The smallest absolute Gasteiger partial charge is 0.274 e. The molecule has 1 aromatic carbocycles. The molecule has 1 amide bonds. The highest BCUT2D eigenvalue weighted by atomic mass is 16.1. The summed E-state index contributed by atoms with van der Waals surface area (Å²) < 4.78 is 0. The minimum Gasteiger partial charge on any atom is -0.330 e. The molecule has 0 spiro atoms. The summed E-state index contributed by atoms with van der Waals surface area (Å²) in [5, 5.41) is 2.84. The third kappa shape index (κ3) is 3.39. The second kappa shape index (κ2) is 6.11. The monoisotopic (exact) mass is 255 g/mol. The fourth-order valence-corrected chi connectivity index (χ4v) is 1.84. The van der Waals surface area contributed by atoms with E-state index in [2.05, 4.69) is 10.3 Å². The van der Waals surface area contributed by atoms with E-state index in [4.69, 9.17) is 5.73 Å². The van der Waals surface area contributed by atoms with Gasteiger partial charge in [0.2, 0.25) is 0 Å². The first kappa shape index (κ1) is 13.2. The molecule has 0 radical (unpaired) electrons. The first-order valence-electron chi connectivity index (χ1n) is 6.22. The molecule has 2 aromatic rings. The molecule has 0 aliphatic heterocycles. The zero-order valence-corrected chi connectivity index (χ0v) is 10.9. The summed E-state index contributed by atoms with van der Waals surface area (Å²) in [5.74, 6) is -0.190. The molecule has 0 fully saturated rings. The van der Waals surface area contributed by atoms with Gasteiger partial charge in [-0.1, -0.05) is 18.2 Å². The van der Waals surface area contributed by atoms with Gasteiger partial charge in [0.25, 0.3) is 5.91 Å². The molecule has 1 heterocycles. The number of anilines is 1. The van der Waals surface area contributed by atoms with Crippen molar-refractivity contribution in [2.45, 2.75) is 13.3 Å². The summed E-state index contributed by atoms with van der Waals surface area (Å²) in [5.41, 5.74) is 8.73. The highest BCUT2D eigenvalue weighted by molar-refractivity contribution is 6.03. The molecule has 0 bridgehead atoms. The van der Waals surface area contributed by atoms with Crippen molar-refractivity contribution in [3.05, 3.63) is 59.4 Å². The molecule has 0 aliphatic rings. The number of nitrogens with one attached hydrogen (secondary N) is 1. The number of hydrogen-bond donors (Lipinski definition) is 2. The molecule has 19 heavy (non-hydrogen) atoms. The fraction of sp³-hybridized carbons (Fsp3) is 0.200. The zero-order valence-electron chi connectivity index (χ0n) is 10.9. The number of aryl methyl sites for hydroxylation is 1. The summed E-state index contributed by atoms with van der Waals surface area (Å²) >= 11 is 0. The van der Waals surface area contributed by atoms with E-state index in [0.717, 1.165) is 23.2 Å². The van der Waals surface area contributed by atoms with Crippen LogP contribution in [0, 0.1) is 6.92 Å². The first-order valence-corrected chi connectivity index (χ1v) is 6.22. The Balaban J connectivity index is 2.09. The molecular formula is C15H17N3O. The van der Waals surface area contributed by atoms with Crippen molar-refractivity contribution >= 4 is 11.6 Å². The second-order valence-corrected chi connectivity index (χ2v) is 4.36. The highest BCUT2D eigenvalue weighted by Gasteiger charge is 2.09. The van der Waals surface area contributed by atoms with Crippen LogP contribution in [0.2, 0.25) is 0 Å². The lowest BCUT2D eigenvalue weighted by atomic mass is 10.1. The molecule has 2 rings (SSSR count). The van der Waals surface area contributed by atoms with E-state index in [0.29, 0.717) is 12.2 Å². The molecule has 98 valence electrons. The summed E-state index contributed by atoms with van der Waals surface area (Å²) in [6, 6.07) is 11.4. The van der Waals surface area contributed by atoms with E-state index in [1.807, 2.05) is 43.3 Å². The van der Waals surface area contributed by atoms with Crippen molar-refractivity contribution < 1.29 is 4.79 Å². The third-order valence-electron chi connectivity index (χ3n) is 2.87. The number of nitrogens with zero attached hydrogens (tertiary/aromatic N) is 1. The molecular weight excluding hydrogens is 238 g/mol. The summed E-state index contributed by atoms with van der Waals surface area (Å²) in [6.45, 7) is 2.49. The predicted octanol–water partition coefficient (Wildman–Crippen LogP) is 2.14. The van der Waals surface area contributed by atoms with Gasteiger partial charge in [0.05, 0.1) is 0 Å². The van der Waals surface area contributed by atoms with Gasteiger partial charge < -0.3 is 11.1 Å². The Morgan fingerprint density at radius 1 is 1.26 bits per heavy atom. The fourth-order valence-electron chi connectivity index (χ4n) is 1.84. The van der Waals surface area contributed by atoms with Gasteiger partial charge in [-0.25, -0.2) is 0 Å². The molecule has 0 unspecified atom stereocenters. The van der Waals surface area contributed by atoms with Crippen molar-refractivity contribution in [3.8, 4) is 0 Å². The predicted molar refractivity (Wildman–Crippen MR) is 76.1 cm³/mol. The lowest BCUT2D eigenvalue weighted by Crippen LogP contribution is -2.15. The summed E-state index contributed by atoms with van der Waals surface area (Å²) in [6.07, 6.45) is 2.46. The minimum absolute atomic E-state index is 0.190. The zero-order chi connectivity index (χ0) is 13.7.